The van der Waals surface area contributed by atoms with Crippen molar-refractivity contribution in [2.75, 3.05) is 19.0 Å². The molecular weight excluding hydrogens is 342 g/mol. The Balaban J connectivity index is 1.93. The highest BCUT2D eigenvalue weighted by molar-refractivity contribution is 6.31. The van der Waals surface area contributed by atoms with E-state index in [1.807, 2.05) is 36.6 Å². The van der Waals surface area contributed by atoms with Crippen LogP contribution in [-0.4, -0.2) is 39.4 Å². The summed E-state index contributed by atoms with van der Waals surface area (Å²) in [4.78, 5) is 17.0. The molecule has 1 aromatic carbocycles. The van der Waals surface area contributed by atoms with Gasteiger partial charge in [0.1, 0.15) is 11.5 Å². The van der Waals surface area contributed by atoms with Gasteiger partial charge in [0.2, 0.25) is 5.95 Å². The molecule has 0 aliphatic rings. The number of rotatable bonds is 6. The average Bonchev–Trinajstić information content (AvgIpc) is 3.17. The Morgan fingerprint density at radius 2 is 2.20 bits per heavy atom. The Hall–Kier alpha value is -2.38. The van der Waals surface area contributed by atoms with Crippen LogP contribution in [0.5, 0.6) is 0 Å². The smallest absolute Gasteiger partial charge is 0.274 e. The molecule has 2 N–H and O–H groups in total. The number of aromatic amines is 1. The number of hydrogen-bond donors (Lipinski definition) is 2. The third kappa shape index (κ3) is 3.67. The Bertz CT molecular complexity index is 900. The second-order valence-electron chi connectivity index (χ2n) is 6.03. The number of methoxy groups -OCH3 is 1. The molecule has 1 amide bonds. The lowest BCUT2D eigenvalue weighted by atomic mass is 10.2. The molecule has 0 aliphatic carbocycles. The van der Waals surface area contributed by atoms with E-state index < -0.39 is 0 Å². The molecule has 0 bridgehead atoms. The maximum atomic E-state index is 12.7. The van der Waals surface area contributed by atoms with Gasteiger partial charge in [-0.15, -0.1) is 5.10 Å². The molecule has 3 rings (SSSR count). The van der Waals surface area contributed by atoms with E-state index in [0.717, 1.165) is 16.7 Å². The van der Waals surface area contributed by atoms with Crippen molar-refractivity contribution in [3.8, 4) is 0 Å². The second-order valence-corrected chi connectivity index (χ2v) is 6.47. The van der Waals surface area contributed by atoms with Crippen LogP contribution in [0, 0.1) is 0 Å². The SMILES string of the molecule is COCCn1c(C(=O)Nc2n[nH]c(C(C)C)n2)cc2cc(Cl)ccc21. The summed E-state index contributed by atoms with van der Waals surface area (Å²) in [5.41, 5.74) is 1.43. The van der Waals surface area contributed by atoms with Crippen molar-refractivity contribution in [3.63, 3.8) is 0 Å². The third-order valence-electron chi connectivity index (χ3n) is 3.89. The van der Waals surface area contributed by atoms with Crippen LogP contribution < -0.4 is 5.32 Å². The fraction of sp³-hybridized carbons (Fsp3) is 0.353. The minimum Gasteiger partial charge on any atom is -0.383 e. The van der Waals surface area contributed by atoms with Gasteiger partial charge in [-0.2, -0.15) is 4.98 Å². The van der Waals surface area contributed by atoms with E-state index in [1.54, 1.807) is 13.2 Å². The molecule has 0 radical (unpaired) electrons. The Morgan fingerprint density at radius 3 is 2.88 bits per heavy atom. The van der Waals surface area contributed by atoms with Gasteiger partial charge < -0.3 is 9.30 Å². The number of H-pyrrole nitrogens is 1. The molecular formula is C17H20ClN5O2. The Morgan fingerprint density at radius 1 is 1.40 bits per heavy atom. The van der Waals surface area contributed by atoms with Gasteiger partial charge in [-0.25, -0.2) is 0 Å². The van der Waals surface area contributed by atoms with Gasteiger partial charge in [-0.3, -0.25) is 15.2 Å². The number of hydrogen-bond acceptors (Lipinski definition) is 4. The molecule has 7 nitrogen and oxygen atoms in total. The van der Waals surface area contributed by atoms with Crippen LogP contribution in [0.4, 0.5) is 5.95 Å². The van der Waals surface area contributed by atoms with Gasteiger partial charge in [0.05, 0.1) is 6.61 Å². The number of aromatic nitrogens is 4. The third-order valence-corrected chi connectivity index (χ3v) is 4.13. The van der Waals surface area contributed by atoms with Crippen molar-refractivity contribution in [1.82, 2.24) is 19.7 Å². The van der Waals surface area contributed by atoms with Crippen molar-refractivity contribution in [2.45, 2.75) is 26.3 Å². The molecule has 8 heteroatoms. The molecule has 0 fully saturated rings. The first-order valence-electron chi connectivity index (χ1n) is 8.01. The average molecular weight is 362 g/mol. The van der Waals surface area contributed by atoms with Crippen LogP contribution >= 0.6 is 11.6 Å². The van der Waals surface area contributed by atoms with Crippen LogP contribution in [0.15, 0.2) is 24.3 Å². The number of carbonyl (C=O) groups is 1. The van der Waals surface area contributed by atoms with E-state index in [9.17, 15) is 4.79 Å². The summed E-state index contributed by atoms with van der Waals surface area (Å²) in [5, 5.41) is 11.1. The second kappa shape index (κ2) is 7.25. The maximum absolute atomic E-state index is 12.7. The number of nitrogens with one attached hydrogen (secondary N) is 2. The maximum Gasteiger partial charge on any atom is 0.274 e. The summed E-state index contributed by atoms with van der Waals surface area (Å²) < 4.78 is 7.07. The van der Waals surface area contributed by atoms with Gasteiger partial charge >= 0.3 is 0 Å². The topological polar surface area (TPSA) is 84.8 Å². The standard InChI is InChI=1S/C17H20ClN5O2/c1-10(2)15-19-17(22-21-15)20-16(24)14-9-11-8-12(18)4-5-13(11)23(14)6-7-25-3/h4-5,8-10H,6-7H2,1-3H3,(H2,19,20,21,22,24). The van der Waals surface area contributed by atoms with Crippen molar-refractivity contribution in [3.05, 3.63) is 40.8 Å². The molecule has 0 atom stereocenters. The van der Waals surface area contributed by atoms with Crippen LogP contribution in [0.25, 0.3) is 10.9 Å². The van der Waals surface area contributed by atoms with E-state index in [-0.39, 0.29) is 17.8 Å². The highest BCUT2D eigenvalue weighted by Gasteiger charge is 2.18. The molecule has 0 saturated carbocycles. The van der Waals surface area contributed by atoms with Gasteiger partial charge in [0.25, 0.3) is 5.91 Å². The predicted octanol–water partition coefficient (Wildman–Crippen LogP) is 3.43. The van der Waals surface area contributed by atoms with Crippen LogP contribution in [0.3, 0.4) is 0 Å². The first-order chi connectivity index (χ1) is 12.0. The van der Waals surface area contributed by atoms with E-state index in [2.05, 4.69) is 20.5 Å². The fourth-order valence-electron chi connectivity index (χ4n) is 2.61. The van der Waals surface area contributed by atoms with Crippen molar-refractivity contribution in [2.24, 2.45) is 0 Å². The molecule has 132 valence electrons. The van der Waals surface area contributed by atoms with Crippen molar-refractivity contribution < 1.29 is 9.53 Å². The minimum atomic E-state index is -0.280. The number of halogens is 1. The first-order valence-corrected chi connectivity index (χ1v) is 8.38. The summed E-state index contributed by atoms with van der Waals surface area (Å²) in [7, 11) is 1.63. The number of amides is 1. The lowest BCUT2D eigenvalue weighted by Crippen LogP contribution is -2.19. The summed E-state index contributed by atoms with van der Waals surface area (Å²) in [6.07, 6.45) is 0. The normalized spacial score (nSPS) is 11.4. The lowest BCUT2D eigenvalue weighted by Gasteiger charge is -2.09. The van der Waals surface area contributed by atoms with Crippen LogP contribution in [0.2, 0.25) is 5.02 Å². The zero-order chi connectivity index (χ0) is 18.0. The zero-order valence-electron chi connectivity index (χ0n) is 14.3. The van der Waals surface area contributed by atoms with E-state index in [0.29, 0.717) is 23.9 Å². The Kier molecular flexibility index (Phi) is 5.06. The molecule has 0 saturated heterocycles. The number of nitrogens with zero attached hydrogens (tertiary/aromatic N) is 3. The van der Waals surface area contributed by atoms with Crippen molar-refractivity contribution in [1.29, 1.82) is 0 Å². The van der Waals surface area contributed by atoms with Gasteiger partial charge in [0.15, 0.2) is 0 Å². The molecule has 2 aromatic heterocycles. The molecule has 0 spiro atoms. The van der Waals surface area contributed by atoms with E-state index in [1.165, 1.54) is 0 Å². The van der Waals surface area contributed by atoms with Crippen LogP contribution in [0.1, 0.15) is 36.1 Å². The summed E-state index contributed by atoms with van der Waals surface area (Å²) in [6.45, 7) is 5.04. The van der Waals surface area contributed by atoms with Crippen molar-refractivity contribution >= 4 is 34.4 Å². The molecule has 0 aliphatic heterocycles. The largest absolute Gasteiger partial charge is 0.383 e. The van der Waals surface area contributed by atoms with Gasteiger partial charge in [0, 0.05) is 35.5 Å². The number of anilines is 1. The fourth-order valence-corrected chi connectivity index (χ4v) is 2.79. The lowest BCUT2D eigenvalue weighted by molar-refractivity contribution is 0.101. The predicted molar refractivity (Wildman–Crippen MR) is 97.2 cm³/mol. The first kappa shape index (κ1) is 17.4. The number of carbonyl (C=O) groups excluding carboxylic acids is 1. The van der Waals surface area contributed by atoms with Gasteiger partial charge in [-0.05, 0) is 24.3 Å². The Labute approximate surface area is 150 Å². The highest BCUT2D eigenvalue weighted by Crippen LogP contribution is 2.24. The summed E-state index contributed by atoms with van der Waals surface area (Å²) in [6, 6.07) is 7.34. The number of fused-ring (bicyclic) bond motifs is 1. The minimum absolute atomic E-state index is 0.202. The van der Waals surface area contributed by atoms with Gasteiger partial charge in [-0.1, -0.05) is 25.4 Å². The number of benzene rings is 1. The molecule has 2 heterocycles. The number of ether oxygens (including phenoxy) is 1. The monoisotopic (exact) mass is 361 g/mol. The van der Waals surface area contributed by atoms with E-state index in [4.69, 9.17) is 16.3 Å². The quantitative estimate of drug-likeness (QED) is 0.704. The zero-order valence-corrected chi connectivity index (χ0v) is 15.1. The molecule has 0 unspecified atom stereocenters. The van der Waals surface area contributed by atoms with Crippen LogP contribution in [-0.2, 0) is 11.3 Å². The molecule has 25 heavy (non-hydrogen) atoms. The summed E-state index contributed by atoms with van der Waals surface area (Å²) in [5.74, 6) is 0.906. The highest BCUT2D eigenvalue weighted by atomic mass is 35.5. The molecule has 3 aromatic rings. The summed E-state index contributed by atoms with van der Waals surface area (Å²) >= 11 is 6.07. The van der Waals surface area contributed by atoms with E-state index >= 15 is 0 Å².